The predicted octanol–water partition coefficient (Wildman–Crippen LogP) is 1.96. The molecule has 0 bridgehead atoms. The smallest absolute Gasteiger partial charge is 0.410 e. The number of piperazine rings is 1. The first-order valence-corrected chi connectivity index (χ1v) is 9.43. The molecule has 1 aromatic rings. The van der Waals surface area contributed by atoms with E-state index in [4.69, 9.17) is 14.2 Å². The van der Waals surface area contributed by atoms with Crippen LogP contribution >= 0.6 is 0 Å². The summed E-state index contributed by atoms with van der Waals surface area (Å²) in [5, 5.41) is 2.58. The SMILES string of the molecule is COCNC(=O)C1CN(C(=O)OC(C)(C)C)CCN1C(=O)OCc1ccccc1. The van der Waals surface area contributed by atoms with Crippen molar-refractivity contribution in [1.29, 1.82) is 0 Å². The van der Waals surface area contributed by atoms with Crippen LogP contribution < -0.4 is 5.32 Å². The summed E-state index contributed by atoms with van der Waals surface area (Å²) in [5.74, 6) is -0.434. The lowest BCUT2D eigenvalue weighted by Crippen LogP contribution is -2.62. The molecule has 29 heavy (non-hydrogen) atoms. The number of ether oxygens (including phenoxy) is 3. The Morgan fingerprint density at radius 2 is 1.79 bits per heavy atom. The Morgan fingerprint density at radius 3 is 2.41 bits per heavy atom. The van der Waals surface area contributed by atoms with Gasteiger partial charge in [0.2, 0.25) is 5.91 Å². The van der Waals surface area contributed by atoms with Crippen LogP contribution in [0.5, 0.6) is 0 Å². The van der Waals surface area contributed by atoms with E-state index in [9.17, 15) is 14.4 Å². The number of rotatable bonds is 5. The minimum atomic E-state index is -0.908. The summed E-state index contributed by atoms with van der Waals surface area (Å²) >= 11 is 0. The van der Waals surface area contributed by atoms with E-state index in [1.54, 1.807) is 20.8 Å². The lowest BCUT2D eigenvalue weighted by Gasteiger charge is -2.40. The van der Waals surface area contributed by atoms with Crippen molar-refractivity contribution in [1.82, 2.24) is 15.1 Å². The number of methoxy groups -OCH3 is 1. The second-order valence-electron chi connectivity index (χ2n) is 7.65. The Hall–Kier alpha value is -2.81. The van der Waals surface area contributed by atoms with Crippen molar-refractivity contribution in [2.45, 2.75) is 39.0 Å². The van der Waals surface area contributed by atoms with Crippen molar-refractivity contribution >= 4 is 18.1 Å². The quantitative estimate of drug-likeness (QED) is 0.750. The first-order valence-electron chi connectivity index (χ1n) is 9.43. The number of carbonyl (C=O) groups excluding carboxylic acids is 3. The van der Waals surface area contributed by atoms with Gasteiger partial charge in [-0.15, -0.1) is 0 Å². The molecule has 1 aliphatic rings. The van der Waals surface area contributed by atoms with Crippen LogP contribution in [0.25, 0.3) is 0 Å². The van der Waals surface area contributed by atoms with Gasteiger partial charge >= 0.3 is 12.2 Å². The molecule has 1 heterocycles. The molecule has 0 aromatic heterocycles. The van der Waals surface area contributed by atoms with Crippen LogP contribution in [-0.2, 0) is 25.6 Å². The zero-order valence-electron chi connectivity index (χ0n) is 17.3. The first-order chi connectivity index (χ1) is 13.7. The summed E-state index contributed by atoms with van der Waals surface area (Å²) in [5.41, 5.74) is 0.185. The molecule has 0 aliphatic carbocycles. The van der Waals surface area contributed by atoms with Gasteiger partial charge in [-0.2, -0.15) is 0 Å². The standard InChI is InChI=1S/C20H29N3O6/c1-20(2,3)29-18(25)22-10-11-23(16(12-22)17(24)21-14-27-4)19(26)28-13-15-8-6-5-7-9-15/h5-9,16H,10-14H2,1-4H3,(H,21,24). The van der Waals surface area contributed by atoms with Crippen molar-refractivity contribution in [3.05, 3.63) is 35.9 Å². The highest BCUT2D eigenvalue weighted by Crippen LogP contribution is 2.17. The molecule has 1 atom stereocenters. The van der Waals surface area contributed by atoms with E-state index in [1.807, 2.05) is 30.3 Å². The van der Waals surface area contributed by atoms with E-state index in [-0.39, 0.29) is 33.0 Å². The van der Waals surface area contributed by atoms with Crippen molar-refractivity contribution in [3.63, 3.8) is 0 Å². The highest BCUT2D eigenvalue weighted by molar-refractivity contribution is 5.86. The summed E-state index contributed by atoms with van der Waals surface area (Å²) in [4.78, 5) is 40.3. The van der Waals surface area contributed by atoms with Gasteiger partial charge in [0.1, 0.15) is 25.0 Å². The fourth-order valence-electron chi connectivity index (χ4n) is 2.78. The van der Waals surface area contributed by atoms with Gasteiger partial charge in [-0.1, -0.05) is 30.3 Å². The molecular formula is C20H29N3O6. The topological polar surface area (TPSA) is 97.4 Å². The van der Waals surface area contributed by atoms with Crippen LogP contribution in [0.3, 0.4) is 0 Å². The summed E-state index contributed by atoms with van der Waals surface area (Å²) < 4.78 is 15.6. The lowest BCUT2D eigenvalue weighted by molar-refractivity contribution is -0.129. The summed E-state index contributed by atoms with van der Waals surface area (Å²) in [6, 6.07) is 8.35. The second kappa shape index (κ2) is 10.1. The first kappa shape index (κ1) is 22.5. The predicted molar refractivity (Wildman–Crippen MR) is 105 cm³/mol. The van der Waals surface area contributed by atoms with Gasteiger partial charge in [-0.05, 0) is 26.3 Å². The summed E-state index contributed by atoms with van der Waals surface area (Å²) in [7, 11) is 1.44. The number of nitrogens with one attached hydrogen (secondary N) is 1. The minimum absolute atomic E-state index is 0.00486. The van der Waals surface area contributed by atoms with E-state index < -0.39 is 29.7 Å². The number of amides is 3. The molecule has 2 rings (SSSR count). The molecule has 160 valence electrons. The van der Waals surface area contributed by atoms with Gasteiger partial charge in [-0.25, -0.2) is 9.59 Å². The highest BCUT2D eigenvalue weighted by atomic mass is 16.6. The molecule has 9 nitrogen and oxygen atoms in total. The average molecular weight is 407 g/mol. The molecule has 0 radical (unpaired) electrons. The zero-order chi connectivity index (χ0) is 21.4. The summed E-state index contributed by atoms with van der Waals surface area (Å²) in [6.07, 6.45) is -1.14. The molecule has 9 heteroatoms. The molecule has 1 saturated heterocycles. The van der Waals surface area contributed by atoms with Gasteiger partial charge in [0.15, 0.2) is 0 Å². The van der Waals surface area contributed by atoms with E-state index in [2.05, 4.69) is 5.32 Å². The van der Waals surface area contributed by atoms with Crippen molar-refractivity contribution in [2.75, 3.05) is 33.5 Å². The number of benzene rings is 1. The van der Waals surface area contributed by atoms with Gasteiger partial charge in [0.05, 0.1) is 6.54 Å². The molecule has 1 aliphatic heterocycles. The Morgan fingerprint density at radius 1 is 1.10 bits per heavy atom. The van der Waals surface area contributed by atoms with Crippen molar-refractivity contribution in [2.24, 2.45) is 0 Å². The Labute approximate surface area is 170 Å². The maximum atomic E-state index is 12.6. The Bertz CT molecular complexity index is 704. The number of nitrogens with zero attached hydrogens (tertiary/aromatic N) is 2. The molecule has 0 saturated carbocycles. The molecule has 3 amide bonds. The average Bonchev–Trinajstić information content (AvgIpc) is 2.69. The Balaban J connectivity index is 2.06. The fourth-order valence-corrected chi connectivity index (χ4v) is 2.78. The largest absolute Gasteiger partial charge is 0.445 e. The second-order valence-corrected chi connectivity index (χ2v) is 7.65. The minimum Gasteiger partial charge on any atom is -0.445 e. The summed E-state index contributed by atoms with van der Waals surface area (Å²) in [6.45, 7) is 5.79. The molecule has 1 aromatic carbocycles. The van der Waals surface area contributed by atoms with Crippen molar-refractivity contribution in [3.8, 4) is 0 Å². The third-order valence-electron chi connectivity index (χ3n) is 4.17. The molecular weight excluding hydrogens is 378 g/mol. The number of hydrogen-bond acceptors (Lipinski definition) is 6. The zero-order valence-corrected chi connectivity index (χ0v) is 17.3. The van der Waals surface area contributed by atoms with Gasteiger partial charge in [0.25, 0.3) is 0 Å². The number of carbonyl (C=O) groups is 3. The van der Waals surface area contributed by atoms with Crippen LogP contribution in [0.4, 0.5) is 9.59 Å². The normalized spacial score (nSPS) is 16.9. The van der Waals surface area contributed by atoms with Crippen LogP contribution in [0.1, 0.15) is 26.3 Å². The number of hydrogen-bond donors (Lipinski definition) is 1. The molecule has 0 spiro atoms. The molecule has 1 unspecified atom stereocenters. The van der Waals surface area contributed by atoms with E-state index in [1.165, 1.54) is 16.9 Å². The maximum Gasteiger partial charge on any atom is 0.410 e. The third kappa shape index (κ3) is 6.94. The fraction of sp³-hybridized carbons (Fsp3) is 0.550. The lowest BCUT2D eigenvalue weighted by atomic mass is 10.1. The van der Waals surface area contributed by atoms with Crippen molar-refractivity contribution < 1.29 is 28.6 Å². The van der Waals surface area contributed by atoms with Gasteiger partial charge in [0, 0.05) is 20.2 Å². The van der Waals surface area contributed by atoms with E-state index in [0.717, 1.165) is 5.56 Å². The molecule has 1 fully saturated rings. The van der Waals surface area contributed by atoms with Crippen LogP contribution in [-0.4, -0.2) is 73.0 Å². The Kier molecular flexibility index (Phi) is 7.83. The maximum absolute atomic E-state index is 12.6. The van der Waals surface area contributed by atoms with E-state index in [0.29, 0.717) is 0 Å². The van der Waals surface area contributed by atoms with Crippen LogP contribution in [0.2, 0.25) is 0 Å². The van der Waals surface area contributed by atoms with Gasteiger partial charge in [-0.3, -0.25) is 9.69 Å². The van der Waals surface area contributed by atoms with Gasteiger partial charge < -0.3 is 24.4 Å². The van der Waals surface area contributed by atoms with Crippen LogP contribution in [0, 0.1) is 0 Å². The van der Waals surface area contributed by atoms with Crippen LogP contribution in [0.15, 0.2) is 30.3 Å². The third-order valence-corrected chi connectivity index (χ3v) is 4.17. The van der Waals surface area contributed by atoms with E-state index >= 15 is 0 Å². The molecule has 1 N–H and O–H groups in total. The highest BCUT2D eigenvalue weighted by Gasteiger charge is 2.39. The monoisotopic (exact) mass is 407 g/mol.